The van der Waals surface area contributed by atoms with E-state index in [1.54, 1.807) is 36.3 Å². The number of methoxy groups -OCH3 is 1. The van der Waals surface area contributed by atoms with Gasteiger partial charge in [-0.15, -0.1) is 0 Å². The smallest absolute Gasteiger partial charge is 0.261 e. The van der Waals surface area contributed by atoms with Crippen LogP contribution in [0.15, 0.2) is 48.5 Å². The maximum Gasteiger partial charge on any atom is 0.261 e. The van der Waals surface area contributed by atoms with Crippen LogP contribution in [-0.4, -0.2) is 43.0 Å². The highest BCUT2D eigenvalue weighted by Crippen LogP contribution is 2.19. The van der Waals surface area contributed by atoms with E-state index in [1.807, 2.05) is 45.0 Å². The van der Waals surface area contributed by atoms with Gasteiger partial charge in [-0.3, -0.25) is 9.59 Å². The first-order chi connectivity index (χ1) is 14.8. The molecule has 0 bridgehead atoms. The van der Waals surface area contributed by atoms with Gasteiger partial charge in [0.25, 0.3) is 5.91 Å². The van der Waals surface area contributed by atoms with Crippen molar-refractivity contribution in [2.75, 3.05) is 20.3 Å². The Morgan fingerprint density at radius 1 is 1.10 bits per heavy atom. The lowest BCUT2D eigenvalue weighted by Gasteiger charge is -2.31. The Kier molecular flexibility index (Phi) is 9.66. The third-order valence-corrected chi connectivity index (χ3v) is 4.99. The van der Waals surface area contributed by atoms with Crippen molar-refractivity contribution < 1.29 is 19.1 Å². The first kappa shape index (κ1) is 24.5. The zero-order chi connectivity index (χ0) is 22.8. The molecule has 2 aromatic rings. The number of nitrogens with zero attached hydrogens (tertiary/aromatic N) is 1. The summed E-state index contributed by atoms with van der Waals surface area (Å²) in [4.78, 5) is 27.6. The molecule has 0 saturated heterocycles. The van der Waals surface area contributed by atoms with Crippen LogP contribution in [0.5, 0.6) is 11.5 Å². The summed E-state index contributed by atoms with van der Waals surface area (Å²) in [7, 11) is 1.59. The topological polar surface area (TPSA) is 67.9 Å². The summed E-state index contributed by atoms with van der Waals surface area (Å²) >= 11 is 5.90. The second kappa shape index (κ2) is 12.2. The fourth-order valence-corrected chi connectivity index (χ4v) is 3.19. The van der Waals surface area contributed by atoms with Gasteiger partial charge in [0, 0.05) is 18.1 Å². The minimum atomic E-state index is -0.605. The van der Waals surface area contributed by atoms with Gasteiger partial charge in [-0.2, -0.15) is 0 Å². The molecule has 7 heteroatoms. The van der Waals surface area contributed by atoms with Gasteiger partial charge in [0.15, 0.2) is 6.61 Å². The van der Waals surface area contributed by atoms with Gasteiger partial charge in [-0.1, -0.05) is 44.5 Å². The highest BCUT2D eigenvalue weighted by Gasteiger charge is 2.29. The van der Waals surface area contributed by atoms with Crippen molar-refractivity contribution in [3.05, 3.63) is 59.1 Å². The standard InChI is InChI=1S/C24H31ClN2O4/c1-5-22(24(29)26-14-17(2)3)27(15-18-7-6-8-21(13-18)30-4)23(28)16-31-20-11-9-19(25)10-12-20/h6-13,17,22H,5,14-16H2,1-4H3,(H,26,29). The summed E-state index contributed by atoms with van der Waals surface area (Å²) in [6.07, 6.45) is 0.487. The minimum absolute atomic E-state index is 0.168. The summed E-state index contributed by atoms with van der Waals surface area (Å²) < 4.78 is 10.9. The van der Waals surface area contributed by atoms with Gasteiger partial charge in [0.05, 0.1) is 7.11 Å². The SMILES string of the molecule is CCC(C(=O)NCC(C)C)N(Cc1cccc(OC)c1)C(=O)COc1ccc(Cl)cc1. The van der Waals surface area contributed by atoms with Gasteiger partial charge in [-0.25, -0.2) is 0 Å². The van der Waals surface area contributed by atoms with E-state index in [1.165, 1.54) is 0 Å². The zero-order valence-electron chi connectivity index (χ0n) is 18.6. The second-order valence-electron chi connectivity index (χ2n) is 7.68. The number of rotatable bonds is 11. The summed E-state index contributed by atoms with van der Waals surface area (Å²) in [5, 5.41) is 3.53. The van der Waals surface area contributed by atoms with E-state index in [4.69, 9.17) is 21.1 Å². The summed E-state index contributed by atoms with van der Waals surface area (Å²) in [5.74, 6) is 1.11. The van der Waals surface area contributed by atoms with E-state index in [-0.39, 0.29) is 25.0 Å². The van der Waals surface area contributed by atoms with Gasteiger partial charge < -0.3 is 19.7 Å². The number of ether oxygens (including phenoxy) is 2. The highest BCUT2D eigenvalue weighted by molar-refractivity contribution is 6.30. The second-order valence-corrected chi connectivity index (χ2v) is 8.12. The van der Waals surface area contributed by atoms with Gasteiger partial charge in [0.1, 0.15) is 17.5 Å². The lowest BCUT2D eigenvalue weighted by atomic mass is 10.1. The van der Waals surface area contributed by atoms with E-state index < -0.39 is 6.04 Å². The fraction of sp³-hybridized carbons (Fsp3) is 0.417. The van der Waals surface area contributed by atoms with E-state index in [2.05, 4.69) is 5.32 Å². The lowest BCUT2D eigenvalue weighted by molar-refractivity contribution is -0.143. The Hall–Kier alpha value is -2.73. The molecule has 2 aromatic carbocycles. The molecule has 6 nitrogen and oxygen atoms in total. The van der Waals surface area contributed by atoms with Crippen LogP contribution >= 0.6 is 11.6 Å². The predicted octanol–water partition coefficient (Wildman–Crippen LogP) is 4.31. The molecule has 168 valence electrons. The first-order valence-corrected chi connectivity index (χ1v) is 10.8. The summed E-state index contributed by atoms with van der Waals surface area (Å²) in [6.45, 7) is 6.59. The average molecular weight is 447 g/mol. The molecular formula is C24H31ClN2O4. The number of nitrogens with one attached hydrogen (secondary N) is 1. The maximum atomic E-state index is 13.1. The quantitative estimate of drug-likeness (QED) is 0.558. The first-order valence-electron chi connectivity index (χ1n) is 10.4. The normalized spacial score (nSPS) is 11.7. The molecule has 0 heterocycles. The molecule has 0 aliphatic rings. The molecule has 31 heavy (non-hydrogen) atoms. The Balaban J connectivity index is 2.20. The van der Waals surface area contributed by atoms with E-state index in [0.29, 0.717) is 35.4 Å². The Bertz CT molecular complexity index is 855. The lowest BCUT2D eigenvalue weighted by Crippen LogP contribution is -2.50. The molecule has 1 atom stereocenters. The van der Waals surface area contributed by atoms with Crippen molar-refractivity contribution >= 4 is 23.4 Å². The van der Waals surface area contributed by atoms with Gasteiger partial charge in [0.2, 0.25) is 5.91 Å². The molecule has 0 aliphatic carbocycles. The molecule has 0 aromatic heterocycles. The largest absolute Gasteiger partial charge is 0.497 e. The molecule has 0 saturated carbocycles. The predicted molar refractivity (Wildman–Crippen MR) is 122 cm³/mol. The van der Waals surface area contributed by atoms with Crippen LogP contribution in [-0.2, 0) is 16.1 Å². The maximum absolute atomic E-state index is 13.1. The van der Waals surface area contributed by atoms with E-state index in [9.17, 15) is 9.59 Å². The van der Waals surface area contributed by atoms with E-state index in [0.717, 1.165) is 5.56 Å². The van der Waals surface area contributed by atoms with Crippen LogP contribution < -0.4 is 14.8 Å². The van der Waals surface area contributed by atoms with Gasteiger partial charge >= 0.3 is 0 Å². The van der Waals surface area contributed by atoms with Crippen molar-refractivity contribution in [1.82, 2.24) is 10.2 Å². The van der Waals surface area contributed by atoms with Crippen molar-refractivity contribution in [3.8, 4) is 11.5 Å². The van der Waals surface area contributed by atoms with Crippen LogP contribution in [0.3, 0.4) is 0 Å². The van der Waals surface area contributed by atoms with Crippen LogP contribution in [0.1, 0.15) is 32.8 Å². The van der Waals surface area contributed by atoms with Crippen LogP contribution in [0, 0.1) is 5.92 Å². The third-order valence-electron chi connectivity index (χ3n) is 4.73. The summed E-state index contributed by atoms with van der Waals surface area (Å²) in [5.41, 5.74) is 0.870. The Morgan fingerprint density at radius 2 is 1.81 bits per heavy atom. The molecule has 2 amide bonds. The molecule has 0 spiro atoms. The van der Waals surface area contributed by atoms with Crippen molar-refractivity contribution in [2.45, 2.75) is 39.8 Å². The number of benzene rings is 2. The molecule has 1 N–H and O–H groups in total. The van der Waals surface area contributed by atoms with Crippen molar-refractivity contribution in [3.63, 3.8) is 0 Å². The number of hydrogen-bond donors (Lipinski definition) is 1. The molecule has 0 aliphatic heterocycles. The Morgan fingerprint density at radius 3 is 2.42 bits per heavy atom. The number of hydrogen-bond acceptors (Lipinski definition) is 4. The number of carbonyl (C=O) groups is 2. The van der Waals surface area contributed by atoms with Gasteiger partial charge in [-0.05, 0) is 54.3 Å². The number of carbonyl (C=O) groups excluding carboxylic acids is 2. The molecule has 0 fully saturated rings. The molecule has 0 radical (unpaired) electrons. The van der Waals surface area contributed by atoms with Crippen LogP contribution in [0.4, 0.5) is 0 Å². The van der Waals surface area contributed by atoms with Crippen molar-refractivity contribution in [1.29, 1.82) is 0 Å². The van der Waals surface area contributed by atoms with Crippen LogP contribution in [0.25, 0.3) is 0 Å². The zero-order valence-corrected chi connectivity index (χ0v) is 19.3. The fourth-order valence-electron chi connectivity index (χ4n) is 3.07. The molecular weight excluding hydrogens is 416 g/mol. The minimum Gasteiger partial charge on any atom is -0.497 e. The van der Waals surface area contributed by atoms with Crippen molar-refractivity contribution in [2.24, 2.45) is 5.92 Å². The summed E-state index contributed by atoms with van der Waals surface area (Å²) in [6, 6.07) is 13.7. The average Bonchev–Trinajstić information content (AvgIpc) is 2.77. The molecule has 1 unspecified atom stereocenters. The highest BCUT2D eigenvalue weighted by atomic mass is 35.5. The molecule has 2 rings (SSSR count). The third kappa shape index (κ3) is 7.79. The monoisotopic (exact) mass is 446 g/mol. The van der Waals surface area contributed by atoms with E-state index >= 15 is 0 Å². The Labute approximate surface area is 189 Å². The number of amides is 2. The number of halogens is 1. The van der Waals surface area contributed by atoms with Crippen LogP contribution in [0.2, 0.25) is 5.02 Å².